The molecule has 1 amide bonds. The third-order valence-corrected chi connectivity index (χ3v) is 6.59. The summed E-state index contributed by atoms with van der Waals surface area (Å²) in [4.78, 5) is 24.7. The van der Waals surface area contributed by atoms with E-state index in [4.69, 9.17) is 4.74 Å². The fourth-order valence-electron chi connectivity index (χ4n) is 4.59. The maximum absolute atomic E-state index is 13.0. The fourth-order valence-corrected chi connectivity index (χ4v) is 4.59. The van der Waals surface area contributed by atoms with Crippen LogP contribution in [0.5, 0.6) is 5.75 Å². The van der Waals surface area contributed by atoms with Gasteiger partial charge in [0.1, 0.15) is 11.3 Å². The Morgan fingerprint density at radius 1 is 1.03 bits per heavy atom. The van der Waals surface area contributed by atoms with E-state index in [-0.39, 0.29) is 5.91 Å². The molecule has 0 aromatic heterocycles. The Bertz CT molecular complexity index is 897. The summed E-state index contributed by atoms with van der Waals surface area (Å²) >= 11 is 0. The minimum atomic E-state index is -1.14. The van der Waals surface area contributed by atoms with Crippen LogP contribution >= 0.6 is 0 Å². The van der Waals surface area contributed by atoms with Crippen LogP contribution in [0.4, 0.5) is 0 Å². The van der Waals surface area contributed by atoms with Crippen molar-refractivity contribution < 1.29 is 19.4 Å². The van der Waals surface area contributed by atoms with Gasteiger partial charge in [-0.15, -0.1) is 0 Å². The lowest BCUT2D eigenvalue weighted by atomic mass is 9.76. The van der Waals surface area contributed by atoms with E-state index in [1.807, 2.05) is 30.3 Å². The topological polar surface area (TPSA) is 75.6 Å². The van der Waals surface area contributed by atoms with Crippen molar-refractivity contribution in [1.82, 2.24) is 5.32 Å². The van der Waals surface area contributed by atoms with Crippen LogP contribution in [0.2, 0.25) is 0 Å². The number of amides is 1. The van der Waals surface area contributed by atoms with Gasteiger partial charge in [0.15, 0.2) is 0 Å². The van der Waals surface area contributed by atoms with Crippen molar-refractivity contribution in [2.75, 3.05) is 6.61 Å². The SMILES string of the molecule is O=C(NC1(C(=O)O)CCC1)c1ccc2ccccc2c1OCCC1CCCCC1. The maximum Gasteiger partial charge on any atom is 0.329 e. The first-order chi connectivity index (χ1) is 14.1. The highest BCUT2D eigenvalue weighted by Crippen LogP contribution is 2.35. The van der Waals surface area contributed by atoms with Crippen molar-refractivity contribution in [3.8, 4) is 5.75 Å². The zero-order valence-electron chi connectivity index (χ0n) is 16.8. The van der Waals surface area contributed by atoms with Gasteiger partial charge < -0.3 is 15.2 Å². The maximum atomic E-state index is 13.0. The van der Waals surface area contributed by atoms with E-state index < -0.39 is 11.5 Å². The van der Waals surface area contributed by atoms with Gasteiger partial charge in [-0.2, -0.15) is 0 Å². The number of carbonyl (C=O) groups excluding carboxylic acids is 1. The number of carboxylic acids is 1. The molecule has 2 aliphatic carbocycles. The van der Waals surface area contributed by atoms with Gasteiger partial charge >= 0.3 is 5.97 Å². The second-order valence-electron chi connectivity index (χ2n) is 8.50. The largest absolute Gasteiger partial charge is 0.492 e. The van der Waals surface area contributed by atoms with Gasteiger partial charge in [-0.05, 0) is 43.1 Å². The van der Waals surface area contributed by atoms with E-state index in [1.165, 1.54) is 32.1 Å². The number of hydrogen-bond donors (Lipinski definition) is 2. The Kier molecular flexibility index (Phi) is 5.74. The summed E-state index contributed by atoms with van der Waals surface area (Å²) < 4.78 is 6.19. The average molecular weight is 395 g/mol. The van der Waals surface area contributed by atoms with E-state index >= 15 is 0 Å². The third-order valence-electron chi connectivity index (χ3n) is 6.59. The summed E-state index contributed by atoms with van der Waals surface area (Å²) in [6.45, 7) is 0.572. The lowest BCUT2D eigenvalue weighted by Crippen LogP contribution is -2.59. The fraction of sp³-hybridized carbons (Fsp3) is 0.500. The predicted octanol–water partition coefficient (Wildman–Crippen LogP) is 4.93. The number of benzene rings is 2. The van der Waals surface area contributed by atoms with E-state index in [9.17, 15) is 14.7 Å². The van der Waals surface area contributed by atoms with Crippen LogP contribution in [0.25, 0.3) is 10.8 Å². The molecule has 2 N–H and O–H groups in total. The van der Waals surface area contributed by atoms with Crippen molar-refractivity contribution in [2.24, 2.45) is 5.92 Å². The van der Waals surface area contributed by atoms with Crippen LogP contribution in [0, 0.1) is 5.92 Å². The molecular weight excluding hydrogens is 366 g/mol. The molecule has 2 fully saturated rings. The lowest BCUT2D eigenvalue weighted by Gasteiger charge is -2.38. The molecule has 0 bridgehead atoms. The lowest BCUT2D eigenvalue weighted by molar-refractivity contribution is -0.148. The number of nitrogens with one attached hydrogen (secondary N) is 1. The number of ether oxygens (including phenoxy) is 1. The van der Waals surface area contributed by atoms with Crippen LogP contribution in [-0.4, -0.2) is 29.1 Å². The number of rotatable bonds is 7. The second kappa shape index (κ2) is 8.44. The molecule has 29 heavy (non-hydrogen) atoms. The molecule has 2 saturated carbocycles. The number of aliphatic carboxylic acids is 1. The Morgan fingerprint density at radius 2 is 1.79 bits per heavy atom. The molecule has 5 nitrogen and oxygen atoms in total. The van der Waals surface area contributed by atoms with E-state index in [0.29, 0.717) is 36.7 Å². The molecule has 2 aliphatic rings. The van der Waals surface area contributed by atoms with Crippen LogP contribution in [0.15, 0.2) is 36.4 Å². The number of carbonyl (C=O) groups is 2. The first-order valence-corrected chi connectivity index (χ1v) is 10.8. The zero-order valence-corrected chi connectivity index (χ0v) is 16.8. The Morgan fingerprint density at radius 3 is 2.48 bits per heavy atom. The van der Waals surface area contributed by atoms with Gasteiger partial charge in [0.05, 0.1) is 12.2 Å². The summed E-state index contributed by atoms with van der Waals surface area (Å²) in [5, 5.41) is 14.2. The van der Waals surface area contributed by atoms with E-state index in [2.05, 4.69) is 5.32 Å². The number of hydrogen-bond acceptors (Lipinski definition) is 3. The summed E-state index contributed by atoms with van der Waals surface area (Å²) in [5.74, 6) is -0.0688. The summed E-state index contributed by atoms with van der Waals surface area (Å²) in [7, 11) is 0. The number of carboxylic acid groups (broad SMARTS) is 1. The molecule has 2 aromatic carbocycles. The first-order valence-electron chi connectivity index (χ1n) is 10.8. The zero-order chi connectivity index (χ0) is 20.3. The smallest absolute Gasteiger partial charge is 0.329 e. The van der Waals surface area contributed by atoms with E-state index in [0.717, 1.165) is 23.6 Å². The van der Waals surface area contributed by atoms with Gasteiger partial charge in [-0.3, -0.25) is 4.79 Å². The summed E-state index contributed by atoms with van der Waals surface area (Å²) in [5.41, 5.74) is -0.720. The Labute approximate surface area is 171 Å². The van der Waals surface area contributed by atoms with Crippen molar-refractivity contribution in [3.05, 3.63) is 42.0 Å². The molecule has 5 heteroatoms. The van der Waals surface area contributed by atoms with E-state index in [1.54, 1.807) is 6.07 Å². The molecule has 0 aliphatic heterocycles. The normalized spacial score (nSPS) is 18.8. The highest BCUT2D eigenvalue weighted by Gasteiger charge is 2.46. The van der Waals surface area contributed by atoms with Crippen molar-refractivity contribution in [2.45, 2.75) is 63.3 Å². The molecule has 0 atom stereocenters. The van der Waals surface area contributed by atoms with Gasteiger partial charge in [-0.1, -0.05) is 62.4 Å². The van der Waals surface area contributed by atoms with Crippen LogP contribution in [0.3, 0.4) is 0 Å². The third kappa shape index (κ3) is 4.09. The summed E-state index contributed by atoms with van der Waals surface area (Å²) in [6.07, 6.45) is 9.18. The molecule has 0 heterocycles. The Balaban J connectivity index is 1.56. The molecular formula is C24H29NO4. The number of fused-ring (bicyclic) bond motifs is 1. The van der Waals surface area contributed by atoms with Crippen LogP contribution in [-0.2, 0) is 4.79 Å². The quantitative estimate of drug-likeness (QED) is 0.697. The summed E-state index contributed by atoms with van der Waals surface area (Å²) in [6, 6.07) is 11.5. The van der Waals surface area contributed by atoms with Gasteiger partial charge in [-0.25, -0.2) is 4.79 Å². The minimum Gasteiger partial charge on any atom is -0.492 e. The van der Waals surface area contributed by atoms with Gasteiger partial charge in [0, 0.05) is 5.39 Å². The standard InChI is InChI=1S/C24H29NO4/c26-22(25-24(23(27)28)14-6-15-24)20-12-11-18-9-4-5-10-19(18)21(20)29-16-13-17-7-2-1-3-8-17/h4-5,9-12,17H,1-3,6-8,13-16H2,(H,25,26)(H,27,28). The van der Waals surface area contributed by atoms with Crippen molar-refractivity contribution in [1.29, 1.82) is 0 Å². The Hall–Kier alpha value is -2.56. The highest BCUT2D eigenvalue weighted by atomic mass is 16.5. The highest BCUT2D eigenvalue weighted by molar-refractivity contribution is 6.05. The van der Waals surface area contributed by atoms with Crippen LogP contribution < -0.4 is 10.1 Å². The monoisotopic (exact) mass is 395 g/mol. The van der Waals surface area contributed by atoms with Crippen molar-refractivity contribution in [3.63, 3.8) is 0 Å². The van der Waals surface area contributed by atoms with Crippen molar-refractivity contribution >= 4 is 22.6 Å². The minimum absolute atomic E-state index is 0.370. The molecule has 0 spiro atoms. The molecule has 0 saturated heterocycles. The molecule has 154 valence electrons. The van der Waals surface area contributed by atoms with Crippen LogP contribution in [0.1, 0.15) is 68.1 Å². The predicted molar refractivity (Wildman–Crippen MR) is 112 cm³/mol. The average Bonchev–Trinajstić information content (AvgIpc) is 2.71. The van der Waals surface area contributed by atoms with Gasteiger partial charge in [0.2, 0.25) is 0 Å². The molecule has 0 unspecified atom stereocenters. The molecule has 2 aromatic rings. The molecule has 0 radical (unpaired) electrons. The van der Waals surface area contributed by atoms with Gasteiger partial charge in [0.25, 0.3) is 5.91 Å². The second-order valence-corrected chi connectivity index (χ2v) is 8.50. The molecule has 4 rings (SSSR count). The first kappa shape index (κ1) is 19.7.